The van der Waals surface area contributed by atoms with Gasteiger partial charge in [-0.05, 0) is 6.08 Å². The van der Waals surface area contributed by atoms with Gasteiger partial charge in [0, 0.05) is 0 Å². The van der Waals surface area contributed by atoms with Crippen molar-refractivity contribution in [2.75, 3.05) is 18.6 Å². The lowest BCUT2D eigenvalue weighted by atomic mass is 9.88. The van der Waals surface area contributed by atoms with Crippen molar-refractivity contribution in [3.05, 3.63) is 35.3 Å². The van der Waals surface area contributed by atoms with Crippen LogP contribution >= 0.6 is 0 Å². The van der Waals surface area contributed by atoms with E-state index < -0.39 is 23.5 Å². The lowest BCUT2D eigenvalue weighted by Crippen LogP contribution is -2.24. The van der Waals surface area contributed by atoms with Gasteiger partial charge in [-0.2, -0.15) is 4.98 Å². The Labute approximate surface area is 118 Å². The normalized spacial score (nSPS) is 19.4. The Morgan fingerprint density at radius 2 is 2.19 bits per heavy atom. The zero-order valence-corrected chi connectivity index (χ0v) is 10.9. The third-order valence-corrected chi connectivity index (χ3v) is 2.86. The van der Waals surface area contributed by atoms with E-state index in [2.05, 4.69) is 19.9 Å². The van der Waals surface area contributed by atoms with Crippen LogP contribution in [-0.4, -0.2) is 34.0 Å². The number of anilines is 2. The molecule has 0 amide bonds. The molecule has 0 aliphatic heterocycles. The summed E-state index contributed by atoms with van der Waals surface area (Å²) in [6.45, 7) is 0. The molecule has 8 nitrogen and oxygen atoms in total. The molecule has 0 fully saturated rings. The summed E-state index contributed by atoms with van der Waals surface area (Å²) in [7, 11) is 1.17. The van der Waals surface area contributed by atoms with Gasteiger partial charge in [0.15, 0.2) is 11.6 Å². The number of hydrogen-bond acceptors (Lipinski definition) is 8. The van der Waals surface area contributed by atoms with Crippen molar-refractivity contribution in [1.29, 1.82) is 0 Å². The second-order valence-corrected chi connectivity index (χ2v) is 4.09. The van der Waals surface area contributed by atoms with Gasteiger partial charge in [-0.25, -0.2) is 14.2 Å². The number of esters is 1. The van der Waals surface area contributed by atoms with Crippen molar-refractivity contribution >= 4 is 23.4 Å². The van der Waals surface area contributed by atoms with Gasteiger partial charge in [-0.1, -0.05) is 17.3 Å². The van der Waals surface area contributed by atoms with Crippen LogP contribution < -0.4 is 11.5 Å². The number of nitrogens with two attached hydrogens (primary N) is 2. The van der Waals surface area contributed by atoms with E-state index >= 15 is 0 Å². The highest BCUT2D eigenvalue weighted by atomic mass is 19.1. The van der Waals surface area contributed by atoms with Gasteiger partial charge in [0.1, 0.15) is 5.71 Å². The average molecular weight is 293 g/mol. The monoisotopic (exact) mass is 293 g/mol. The standard InChI is InChI=1S/C12H12FN5O3/c1-21-11(19)6-4-2-3-5(8(6)18-20)9-7(13)10(14)17-12(15)16-9/h2-5,20H,1H3,(H4,14,15,16,17). The second kappa shape index (κ2) is 5.57. The van der Waals surface area contributed by atoms with Crippen LogP contribution in [-0.2, 0) is 9.53 Å². The molecule has 2 rings (SSSR count). The van der Waals surface area contributed by atoms with Crippen LogP contribution in [0.25, 0.3) is 0 Å². The molecule has 1 heterocycles. The maximum atomic E-state index is 14.1. The van der Waals surface area contributed by atoms with E-state index in [1.165, 1.54) is 25.3 Å². The molecule has 0 radical (unpaired) electrons. The number of hydrogen-bond donors (Lipinski definition) is 3. The number of oxime groups is 1. The Bertz CT molecular complexity index is 684. The zero-order chi connectivity index (χ0) is 15.6. The Kier molecular flexibility index (Phi) is 3.83. The first kappa shape index (κ1) is 14.4. The highest BCUT2D eigenvalue weighted by Crippen LogP contribution is 2.29. The molecule has 9 heteroatoms. The van der Waals surface area contributed by atoms with Gasteiger partial charge >= 0.3 is 5.97 Å². The summed E-state index contributed by atoms with van der Waals surface area (Å²) in [5.74, 6) is -3.23. The van der Waals surface area contributed by atoms with Gasteiger partial charge in [-0.15, -0.1) is 0 Å². The smallest absolute Gasteiger partial charge is 0.339 e. The number of carbonyl (C=O) groups excluding carboxylic acids is 1. The van der Waals surface area contributed by atoms with Gasteiger partial charge in [-0.3, -0.25) is 0 Å². The number of rotatable bonds is 2. The van der Waals surface area contributed by atoms with Crippen LogP contribution in [0.3, 0.4) is 0 Å². The third-order valence-electron chi connectivity index (χ3n) is 2.86. The quantitative estimate of drug-likeness (QED) is 0.407. The van der Waals surface area contributed by atoms with Crippen molar-refractivity contribution in [3.63, 3.8) is 0 Å². The fourth-order valence-corrected chi connectivity index (χ4v) is 1.93. The predicted octanol–water partition coefficient (Wildman–Crippen LogP) is 0.363. The minimum Gasteiger partial charge on any atom is -0.465 e. The van der Waals surface area contributed by atoms with Crippen LogP contribution in [0.4, 0.5) is 16.2 Å². The molecule has 110 valence electrons. The van der Waals surface area contributed by atoms with Crippen molar-refractivity contribution in [2.24, 2.45) is 5.16 Å². The van der Waals surface area contributed by atoms with Crippen molar-refractivity contribution in [1.82, 2.24) is 9.97 Å². The molecule has 0 spiro atoms. The van der Waals surface area contributed by atoms with Crippen molar-refractivity contribution < 1.29 is 19.1 Å². The first-order valence-corrected chi connectivity index (χ1v) is 5.77. The van der Waals surface area contributed by atoms with Crippen LogP contribution in [0, 0.1) is 5.82 Å². The lowest BCUT2D eigenvalue weighted by molar-refractivity contribution is -0.135. The van der Waals surface area contributed by atoms with E-state index in [9.17, 15) is 9.18 Å². The number of halogens is 1. The topological polar surface area (TPSA) is 137 Å². The van der Waals surface area contributed by atoms with Crippen molar-refractivity contribution in [2.45, 2.75) is 5.92 Å². The van der Waals surface area contributed by atoms with E-state index in [4.69, 9.17) is 16.7 Å². The summed E-state index contributed by atoms with van der Waals surface area (Å²) >= 11 is 0. The first-order valence-electron chi connectivity index (χ1n) is 5.77. The molecule has 21 heavy (non-hydrogen) atoms. The fraction of sp³-hybridized carbons (Fsp3) is 0.167. The second-order valence-electron chi connectivity index (χ2n) is 4.09. The fourth-order valence-electron chi connectivity index (χ4n) is 1.93. The van der Waals surface area contributed by atoms with Crippen LogP contribution in [0.2, 0.25) is 0 Å². The highest BCUT2D eigenvalue weighted by Gasteiger charge is 2.31. The maximum Gasteiger partial charge on any atom is 0.339 e. The molecule has 0 saturated carbocycles. The summed E-state index contributed by atoms with van der Waals surface area (Å²) < 4.78 is 18.6. The summed E-state index contributed by atoms with van der Waals surface area (Å²) in [5, 5.41) is 12.2. The molecule has 0 bridgehead atoms. The molecular weight excluding hydrogens is 281 g/mol. The van der Waals surface area contributed by atoms with Crippen LogP contribution in [0.5, 0.6) is 0 Å². The van der Waals surface area contributed by atoms with Crippen molar-refractivity contribution in [3.8, 4) is 0 Å². The summed E-state index contributed by atoms with van der Waals surface area (Å²) in [6.07, 6.45) is 4.34. The van der Waals surface area contributed by atoms with E-state index in [0.29, 0.717) is 0 Å². The molecule has 1 aliphatic carbocycles. The molecule has 1 atom stereocenters. The SMILES string of the molecule is COC(=O)C1=CC=CC(c2nc(N)nc(N)c2F)C1=NO. The van der Waals surface area contributed by atoms with E-state index in [-0.39, 0.29) is 22.9 Å². The molecular formula is C12H12FN5O3. The van der Waals surface area contributed by atoms with Crippen LogP contribution in [0.1, 0.15) is 11.6 Å². The molecule has 1 unspecified atom stereocenters. The molecule has 1 aromatic heterocycles. The Hall–Kier alpha value is -2.97. The number of nitrogen functional groups attached to an aromatic ring is 2. The lowest BCUT2D eigenvalue weighted by Gasteiger charge is -2.19. The molecule has 1 aromatic rings. The zero-order valence-electron chi connectivity index (χ0n) is 10.9. The minimum atomic E-state index is -0.943. The Balaban J connectivity index is 2.54. The van der Waals surface area contributed by atoms with Crippen LogP contribution in [0.15, 0.2) is 29.0 Å². The third kappa shape index (κ3) is 2.53. The molecule has 0 aromatic carbocycles. The van der Waals surface area contributed by atoms with E-state index in [0.717, 1.165) is 0 Å². The largest absolute Gasteiger partial charge is 0.465 e. The van der Waals surface area contributed by atoms with Gasteiger partial charge < -0.3 is 21.4 Å². The number of ether oxygens (including phenoxy) is 1. The first-order chi connectivity index (χ1) is 9.99. The van der Waals surface area contributed by atoms with Gasteiger partial charge in [0.05, 0.1) is 24.3 Å². The Morgan fingerprint density at radius 3 is 2.81 bits per heavy atom. The molecule has 1 aliphatic rings. The van der Waals surface area contributed by atoms with E-state index in [1.54, 1.807) is 0 Å². The number of nitrogens with zero attached hydrogens (tertiary/aromatic N) is 3. The van der Waals surface area contributed by atoms with Gasteiger partial charge in [0.25, 0.3) is 0 Å². The summed E-state index contributed by atoms with van der Waals surface area (Å²) in [4.78, 5) is 18.9. The number of aromatic nitrogens is 2. The summed E-state index contributed by atoms with van der Waals surface area (Å²) in [5.41, 5.74) is 10.5. The Morgan fingerprint density at radius 1 is 1.48 bits per heavy atom. The minimum absolute atomic E-state index is 0.0253. The summed E-state index contributed by atoms with van der Waals surface area (Å²) in [6, 6.07) is 0. The molecule has 0 saturated heterocycles. The van der Waals surface area contributed by atoms with Gasteiger partial charge in [0.2, 0.25) is 5.95 Å². The number of methoxy groups -OCH3 is 1. The number of allylic oxidation sites excluding steroid dienone is 3. The number of carbonyl (C=O) groups is 1. The van der Waals surface area contributed by atoms with E-state index in [1.807, 2.05) is 0 Å². The predicted molar refractivity (Wildman–Crippen MR) is 72.0 cm³/mol. The maximum absolute atomic E-state index is 14.1. The average Bonchev–Trinajstić information content (AvgIpc) is 2.49. The highest BCUT2D eigenvalue weighted by molar-refractivity contribution is 6.23. The molecule has 5 N–H and O–H groups in total.